The minimum absolute atomic E-state index is 0.130. The van der Waals surface area contributed by atoms with Crippen molar-refractivity contribution in [3.63, 3.8) is 0 Å². The van der Waals surface area contributed by atoms with Crippen LogP contribution >= 0.6 is 31.9 Å². The Morgan fingerprint density at radius 3 is 2.94 bits per heavy atom. The third-order valence-electron chi connectivity index (χ3n) is 1.62. The molecule has 0 aliphatic rings. The van der Waals surface area contributed by atoms with Gasteiger partial charge in [-0.15, -0.1) is 6.42 Å². The predicted octanol–water partition coefficient (Wildman–Crippen LogP) is 0.518. The van der Waals surface area contributed by atoms with Gasteiger partial charge in [0.05, 0.1) is 17.2 Å². The third kappa shape index (κ3) is 3.18. The molecule has 1 aromatic heterocycles. The first-order valence-electron chi connectivity index (χ1n) is 4.17. The van der Waals surface area contributed by atoms with Crippen molar-refractivity contribution in [1.82, 2.24) is 15.1 Å². The maximum atomic E-state index is 11.6. The Labute approximate surface area is 108 Å². The summed E-state index contributed by atoms with van der Waals surface area (Å²) < 4.78 is 1.91. The number of nitrogens with zero attached hydrogens (tertiary/aromatic N) is 2. The van der Waals surface area contributed by atoms with Crippen molar-refractivity contribution >= 4 is 37.8 Å². The van der Waals surface area contributed by atoms with Gasteiger partial charge in [-0.05, 0) is 31.9 Å². The minimum Gasteiger partial charge on any atom is -0.344 e. The molecule has 0 saturated heterocycles. The molecule has 7 heteroatoms. The predicted molar refractivity (Wildman–Crippen MR) is 65.7 cm³/mol. The van der Waals surface area contributed by atoms with Crippen LogP contribution in [-0.4, -0.2) is 22.2 Å². The molecule has 1 N–H and O–H groups in total. The van der Waals surface area contributed by atoms with E-state index in [0.29, 0.717) is 8.95 Å². The first kappa shape index (κ1) is 12.9. The maximum absolute atomic E-state index is 11.6. The number of nitrogens with one attached hydrogen (secondary N) is 1. The summed E-state index contributed by atoms with van der Waals surface area (Å²) in [6.45, 7) is -0.0301. The van der Waals surface area contributed by atoms with Crippen molar-refractivity contribution in [2.45, 2.75) is 6.54 Å². The molecule has 1 aromatic rings. The minimum atomic E-state index is -0.384. The van der Waals surface area contributed by atoms with Crippen molar-refractivity contribution in [2.24, 2.45) is 0 Å². The van der Waals surface area contributed by atoms with Crippen LogP contribution in [0.25, 0.3) is 0 Å². The summed E-state index contributed by atoms with van der Waals surface area (Å²) >= 11 is 6.23. The molecule has 0 spiro atoms. The summed E-state index contributed by atoms with van der Waals surface area (Å²) in [6, 6.07) is 0. The van der Waals surface area contributed by atoms with Gasteiger partial charge in [0.2, 0.25) is 5.91 Å². The molecule has 0 aromatic carbocycles. The number of carbonyl (C=O) groups excluding carboxylic acids is 1. The zero-order valence-electron chi connectivity index (χ0n) is 8.04. The molecule has 16 heavy (non-hydrogen) atoms. The van der Waals surface area contributed by atoms with Crippen molar-refractivity contribution in [3.05, 3.63) is 25.5 Å². The van der Waals surface area contributed by atoms with E-state index in [4.69, 9.17) is 6.42 Å². The molecule has 1 amide bonds. The fourth-order valence-electron chi connectivity index (χ4n) is 0.899. The number of halogens is 2. The van der Waals surface area contributed by atoms with Gasteiger partial charge >= 0.3 is 0 Å². The Balaban J connectivity index is 2.84. The number of amides is 1. The van der Waals surface area contributed by atoms with Crippen LogP contribution in [0, 0.1) is 12.3 Å². The molecule has 0 bridgehead atoms. The van der Waals surface area contributed by atoms with Gasteiger partial charge in [-0.1, -0.05) is 5.92 Å². The smallest absolute Gasteiger partial charge is 0.282 e. The van der Waals surface area contributed by atoms with Crippen LogP contribution in [0.1, 0.15) is 0 Å². The fraction of sp³-hybridized carbons (Fsp3) is 0.222. The lowest BCUT2D eigenvalue weighted by molar-refractivity contribution is -0.121. The van der Waals surface area contributed by atoms with Crippen LogP contribution in [0.5, 0.6) is 0 Å². The SMILES string of the molecule is C#CCNC(=O)Cn1ncc(Br)c(Br)c1=O. The van der Waals surface area contributed by atoms with E-state index < -0.39 is 0 Å². The average molecular weight is 349 g/mol. The van der Waals surface area contributed by atoms with Gasteiger partial charge in [-0.2, -0.15) is 5.10 Å². The Morgan fingerprint density at radius 2 is 2.31 bits per heavy atom. The van der Waals surface area contributed by atoms with Crippen LogP contribution < -0.4 is 10.9 Å². The van der Waals surface area contributed by atoms with E-state index in [1.807, 2.05) is 0 Å². The third-order valence-corrected chi connectivity index (χ3v) is 3.52. The molecular weight excluding hydrogens is 342 g/mol. The summed E-state index contributed by atoms with van der Waals surface area (Å²) in [7, 11) is 0. The fourth-order valence-corrected chi connectivity index (χ4v) is 1.47. The molecule has 5 nitrogen and oxygen atoms in total. The quantitative estimate of drug-likeness (QED) is 0.810. The van der Waals surface area contributed by atoms with E-state index in [2.05, 4.69) is 48.2 Å². The lowest BCUT2D eigenvalue weighted by atomic mass is 10.5. The number of hydrogen-bond acceptors (Lipinski definition) is 3. The second kappa shape index (κ2) is 5.82. The number of carbonyl (C=O) groups is 1. The normalized spacial score (nSPS) is 9.56. The van der Waals surface area contributed by atoms with Gasteiger partial charge in [0, 0.05) is 0 Å². The molecule has 0 aliphatic heterocycles. The summed E-state index contributed by atoms with van der Waals surface area (Å²) in [6.07, 6.45) is 6.41. The van der Waals surface area contributed by atoms with E-state index >= 15 is 0 Å². The molecule has 0 aliphatic carbocycles. The highest BCUT2D eigenvalue weighted by atomic mass is 79.9. The second-order valence-corrected chi connectivity index (χ2v) is 4.40. The highest BCUT2D eigenvalue weighted by molar-refractivity contribution is 9.13. The van der Waals surface area contributed by atoms with Crippen molar-refractivity contribution < 1.29 is 4.79 Å². The number of rotatable bonds is 3. The van der Waals surface area contributed by atoms with E-state index in [0.717, 1.165) is 4.68 Å². The molecule has 0 atom stereocenters. The van der Waals surface area contributed by atoms with Crippen molar-refractivity contribution in [1.29, 1.82) is 0 Å². The molecule has 1 heterocycles. The molecule has 84 valence electrons. The Hall–Kier alpha value is -1.13. The van der Waals surface area contributed by atoms with Gasteiger partial charge in [-0.25, -0.2) is 4.68 Å². The summed E-state index contributed by atoms with van der Waals surface area (Å²) in [5, 5.41) is 6.24. The monoisotopic (exact) mass is 347 g/mol. The van der Waals surface area contributed by atoms with Crippen LogP contribution in [0.2, 0.25) is 0 Å². The summed E-state index contributed by atoms with van der Waals surface area (Å²) in [5.41, 5.74) is -0.384. The zero-order chi connectivity index (χ0) is 12.1. The van der Waals surface area contributed by atoms with Crippen LogP contribution in [0.15, 0.2) is 19.9 Å². The van der Waals surface area contributed by atoms with Gasteiger partial charge in [0.1, 0.15) is 11.0 Å². The van der Waals surface area contributed by atoms with E-state index in [9.17, 15) is 9.59 Å². The summed E-state index contributed by atoms with van der Waals surface area (Å²) in [4.78, 5) is 22.9. The van der Waals surface area contributed by atoms with Gasteiger partial charge in [0.25, 0.3) is 5.56 Å². The van der Waals surface area contributed by atoms with E-state index in [1.165, 1.54) is 6.20 Å². The molecule has 1 rings (SSSR count). The lowest BCUT2D eigenvalue weighted by Gasteiger charge is -2.05. The van der Waals surface area contributed by atoms with Crippen LogP contribution in [0.3, 0.4) is 0 Å². The maximum Gasteiger partial charge on any atom is 0.282 e. The molecule has 0 unspecified atom stereocenters. The molecule has 0 fully saturated rings. The lowest BCUT2D eigenvalue weighted by Crippen LogP contribution is -2.34. The van der Waals surface area contributed by atoms with Crippen LogP contribution in [0.4, 0.5) is 0 Å². The topological polar surface area (TPSA) is 64.0 Å². The first-order valence-corrected chi connectivity index (χ1v) is 5.76. The van der Waals surface area contributed by atoms with Gasteiger partial charge in [-0.3, -0.25) is 9.59 Å². The Morgan fingerprint density at radius 1 is 1.62 bits per heavy atom. The second-order valence-electron chi connectivity index (χ2n) is 2.75. The van der Waals surface area contributed by atoms with E-state index in [-0.39, 0.29) is 24.6 Å². The average Bonchev–Trinajstić information content (AvgIpc) is 2.27. The van der Waals surface area contributed by atoms with E-state index in [1.54, 1.807) is 0 Å². The zero-order valence-corrected chi connectivity index (χ0v) is 11.2. The van der Waals surface area contributed by atoms with Crippen LogP contribution in [-0.2, 0) is 11.3 Å². The highest BCUT2D eigenvalue weighted by Gasteiger charge is 2.09. The number of terminal acetylenes is 1. The first-order chi connectivity index (χ1) is 7.56. The number of hydrogen-bond donors (Lipinski definition) is 1. The van der Waals surface area contributed by atoms with Gasteiger partial charge in [0.15, 0.2) is 0 Å². The van der Waals surface area contributed by atoms with Crippen molar-refractivity contribution in [3.8, 4) is 12.3 Å². The Bertz CT molecular complexity index is 504. The molecule has 0 saturated carbocycles. The molecular formula is C9H7Br2N3O2. The molecule has 0 radical (unpaired) electrons. The highest BCUT2D eigenvalue weighted by Crippen LogP contribution is 2.16. The van der Waals surface area contributed by atoms with Gasteiger partial charge < -0.3 is 5.32 Å². The standard InChI is InChI=1S/C9H7Br2N3O2/c1-2-3-12-7(15)5-14-9(16)8(11)6(10)4-13-14/h1,4H,3,5H2,(H,12,15). The Kier molecular flexibility index (Phi) is 4.71. The largest absolute Gasteiger partial charge is 0.344 e. The number of aromatic nitrogens is 2. The van der Waals surface area contributed by atoms with Crippen molar-refractivity contribution in [2.75, 3.05) is 6.54 Å². The summed E-state index contributed by atoms with van der Waals surface area (Å²) in [5.74, 6) is 1.90.